The molecule has 1 aromatic carbocycles. The Morgan fingerprint density at radius 2 is 1.43 bits per heavy atom. The minimum absolute atomic E-state index is 0.0104. The molecule has 3 rings (SSSR count). The van der Waals surface area contributed by atoms with Crippen LogP contribution in [0.1, 0.15) is 69.8 Å². The SMILES string of the molecule is C=Nc1ccc(C2CCC(C3CCC(C)CC3)CC2)c(F)c1F. The van der Waals surface area contributed by atoms with Crippen LogP contribution in [0.15, 0.2) is 17.1 Å². The fraction of sp³-hybridized carbons (Fsp3) is 0.650. The number of aliphatic imine (C=N–C) groups is 1. The van der Waals surface area contributed by atoms with Crippen LogP contribution in [0.4, 0.5) is 14.5 Å². The largest absolute Gasteiger partial charge is 0.261 e. The highest BCUT2D eigenvalue weighted by Gasteiger charge is 2.31. The Labute approximate surface area is 138 Å². The maximum absolute atomic E-state index is 14.3. The van der Waals surface area contributed by atoms with Crippen molar-refractivity contribution in [2.75, 3.05) is 0 Å². The van der Waals surface area contributed by atoms with Crippen LogP contribution in [0, 0.1) is 29.4 Å². The molecule has 0 unspecified atom stereocenters. The van der Waals surface area contributed by atoms with Crippen molar-refractivity contribution >= 4 is 12.4 Å². The molecule has 0 heterocycles. The fourth-order valence-electron chi connectivity index (χ4n) is 4.65. The van der Waals surface area contributed by atoms with E-state index in [1.807, 2.05) is 0 Å². The van der Waals surface area contributed by atoms with E-state index in [2.05, 4.69) is 18.6 Å². The third kappa shape index (κ3) is 3.49. The molecule has 0 spiro atoms. The smallest absolute Gasteiger partial charge is 0.184 e. The molecule has 3 heteroatoms. The van der Waals surface area contributed by atoms with Crippen LogP contribution in [0.2, 0.25) is 0 Å². The molecule has 1 aromatic rings. The molecule has 2 aliphatic carbocycles. The predicted molar refractivity (Wildman–Crippen MR) is 91.4 cm³/mol. The number of halogens is 2. The zero-order valence-corrected chi connectivity index (χ0v) is 14.0. The summed E-state index contributed by atoms with van der Waals surface area (Å²) in [6.45, 7) is 5.64. The second kappa shape index (κ2) is 7.11. The van der Waals surface area contributed by atoms with Crippen molar-refractivity contribution in [2.45, 2.75) is 64.2 Å². The molecule has 126 valence electrons. The Morgan fingerprint density at radius 3 is 2.00 bits per heavy atom. The van der Waals surface area contributed by atoms with Crippen molar-refractivity contribution in [3.05, 3.63) is 29.3 Å². The van der Waals surface area contributed by atoms with Gasteiger partial charge in [0.05, 0.1) is 0 Å². The Bertz CT molecular complexity index is 553. The first-order valence-corrected chi connectivity index (χ1v) is 9.04. The van der Waals surface area contributed by atoms with Crippen molar-refractivity contribution in [1.82, 2.24) is 0 Å². The van der Waals surface area contributed by atoms with Crippen LogP contribution in [-0.2, 0) is 0 Å². The molecular formula is C20H27F2N. The lowest BCUT2D eigenvalue weighted by molar-refractivity contribution is 0.164. The summed E-state index contributed by atoms with van der Waals surface area (Å²) < 4.78 is 28.2. The second-order valence-electron chi connectivity index (χ2n) is 7.59. The molecular weight excluding hydrogens is 292 g/mol. The Morgan fingerprint density at radius 1 is 0.870 bits per heavy atom. The molecule has 2 fully saturated rings. The number of nitrogens with zero attached hydrogens (tertiary/aromatic N) is 1. The van der Waals surface area contributed by atoms with Gasteiger partial charge in [-0.25, -0.2) is 8.78 Å². The zero-order chi connectivity index (χ0) is 16.4. The predicted octanol–water partition coefficient (Wildman–Crippen LogP) is 6.40. The van der Waals surface area contributed by atoms with Gasteiger partial charge in [0.25, 0.3) is 0 Å². The van der Waals surface area contributed by atoms with Gasteiger partial charge >= 0.3 is 0 Å². The second-order valence-corrected chi connectivity index (χ2v) is 7.59. The van der Waals surface area contributed by atoms with E-state index in [-0.39, 0.29) is 11.6 Å². The van der Waals surface area contributed by atoms with Gasteiger partial charge in [0, 0.05) is 0 Å². The molecule has 0 atom stereocenters. The van der Waals surface area contributed by atoms with Gasteiger partial charge in [-0.3, -0.25) is 4.99 Å². The van der Waals surface area contributed by atoms with Crippen LogP contribution in [0.3, 0.4) is 0 Å². The lowest BCUT2D eigenvalue weighted by atomic mass is 9.68. The first-order valence-electron chi connectivity index (χ1n) is 9.04. The zero-order valence-electron chi connectivity index (χ0n) is 14.0. The van der Waals surface area contributed by atoms with Gasteiger partial charge in [0.15, 0.2) is 11.6 Å². The Balaban J connectivity index is 1.63. The number of hydrogen-bond acceptors (Lipinski definition) is 1. The maximum Gasteiger partial charge on any atom is 0.184 e. The molecule has 0 aliphatic heterocycles. The van der Waals surface area contributed by atoms with E-state index in [1.54, 1.807) is 12.1 Å². The monoisotopic (exact) mass is 319 g/mol. The first kappa shape index (κ1) is 16.6. The molecule has 0 bridgehead atoms. The van der Waals surface area contributed by atoms with E-state index >= 15 is 0 Å². The average molecular weight is 319 g/mol. The summed E-state index contributed by atoms with van der Waals surface area (Å²) in [6, 6.07) is 3.26. The summed E-state index contributed by atoms with van der Waals surface area (Å²) in [5.41, 5.74) is 0.543. The van der Waals surface area contributed by atoms with Crippen LogP contribution >= 0.6 is 0 Å². The Kier molecular flexibility index (Phi) is 5.13. The van der Waals surface area contributed by atoms with Crippen LogP contribution in [-0.4, -0.2) is 6.72 Å². The molecule has 0 saturated heterocycles. The van der Waals surface area contributed by atoms with Crippen LogP contribution in [0.25, 0.3) is 0 Å². The minimum Gasteiger partial charge on any atom is -0.261 e. The number of benzene rings is 1. The first-order chi connectivity index (χ1) is 11.1. The average Bonchev–Trinajstić information content (AvgIpc) is 2.58. The Hall–Kier alpha value is -1.25. The topological polar surface area (TPSA) is 12.4 Å². The molecule has 23 heavy (non-hydrogen) atoms. The summed E-state index contributed by atoms with van der Waals surface area (Å²) in [4.78, 5) is 3.53. The normalized spacial score (nSPS) is 31.8. The molecule has 0 N–H and O–H groups in total. The van der Waals surface area contributed by atoms with E-state index in [1.165, 1.54) is 25.7 Å². The lowest BCUT2D eigenvalue weighted by Crippen LogP contribution is -2.25. The summed E-state index contributed by atoms with van der Waals surface area (Å²) >= 11 is 0. The van der Waals surface area contributed by atoms with Crippen LogP contribution in [0.5, 0.6) is 0 Å². The van der Waals surface area contributed by atoms with Crippen molar-refractivity contribution in [1.29, 1.82) is 0 Å². The molecule has 0 amide bonds. The summed E-state index contributed by atoms with van der Waals surface area (Å²) in [5.74, 6) is 1.13. The lowest BCUT2D eigenvalue weighted by Gasteiger charge is -2.37. The summed E-state index contributed by atoms with van der Waals surface area (Å²) in [6.07, 6.45) is 9.72. The van der Waals surface area contributed by atoms with Crippen molar-refractivity contribution in [3.63, 3.8) is 0 Å². The highest BCUT2D eigenvalue weighted by Crippen LogP contribution is 2.44. The highest BCUT2D eigenvalue weighted by molar-refractivity contribution is 5.48. The standard InChI is InChI=1S/C20H27F2N/c1-13-3-5-14(6-4-13)15-7-9-16(10-8-15)17-11-12-18(23-2)20(22)19(17)21/h11-16H,2-10H2,1H3. The van der Waals surface area contributed by atoms with Crippen molar-refractivity contribution < 1.29 is 8.78 Å². The minimum atomic E-state index is -0.846. The molecule has 2 saturated carbocycles. The van der Waals surface area contributed by atoms with E-state index in [9.17, 15) is 8.78 Å². The van der Waals surface area contributed by atoms with E-state index < -0.39 is 11.6 Å². The van der Waals surface area contributed by atoms with Crippen molar-refractivity contribution in [3.8, 4) is 0 Å². The molecule has 2 aliphatic rings. The third-order valence-corrected chi connectivity index (χ3v) is 6.20. The van der Waals surface area contributed by atoms with Gasteiger partial charge in [-0.1, -0.05) is 25.8 Å². The molecule has 1 nitrogen and oxygen atoms in total. The number of rotatable bonds is 3. The molecule has 0 radical (unpaired) electrons. The van der Waals surface area contributed by atoms with E-state index in [4.69, 9.17) is 0 Å². The summed E-state index contributed by atoms with van der Waals surface area (Å²) in [5, 5.41) is 0. The molecule has 0 aromatic heterocycles. The maximum atomic E-state index is 14.3. The quantitative estimate of drug-likeness (QED) is 0.572. The van der Waals surface area contributed by atoms with Gasteiger partial charge in [0.2, 0.25) is 0 Å². The van der Waals surface area contributed by atoms with Gasteiger partial charge in [-0.05, 0) is 80.5 Å². The van der Waals surface area contributed by atoms with Gasteiger partial charge < -0.3 is 0 Å². The van der Waals surface area contributed by atoms with Crippen molar-refractivity contribution in [2.24, 2.45) is 22.7 Å². The third-order valence-electron chi connectivity index (χ3n) is 6.20. The van der Waals surface area contributed by atoms with Gasteiger partial charge in [0.1, 0.15) is 5.69 Å². The van der Waals surface area contributed by atoms with Crippen LogP contribution < -0.4 is 0 Å². The highest BCUT2D eigenvalue weighted by atomic mass is 19.2. The number of hydrogen-bond donors (Lipinski definition) is 0. The van der Waals surface area contributed by atoms with E-state index in [0.29, 0.717) is 5.56 Å². The van der Waals surface area contributed by atoms with Gasteiger partial charge in [-0.15, -0.1) is 0 Å². The fourth-order valence-corrected chi connectivity index (χ4v) is 4.65. The van der Waals surface area contributed by atoms with Gasteiger partial charge in [-0.2, -0.15) is 0 Å². The van der Waals surface area contributed by atoms with E-state index in [0.717, 1.165) is 43.4 Å². The summed E-state index contributed by atoms with van der Waals surface area (Å²) in [7, 11) is 0.